The maximum absolute atomic E-state index is 12.7. The van der Waals surface area contributed by atoms with Crippen molar-refractivity contribution in [2.75, 3.05) is 24.2 Å². The molecule has 1 saturated heterocycles. The normalized spacial score (nSPS) is 17.7. The number of nitrogens with zero attached hydrogens (tertiary/aromatic N) is 1. The number of alkyl halides is 3. The number of amides is 1. The van der Waals surface area contributed by atoms with E-state index in [1.165, 1.54) is 11.1 Å². The van der Waals surface area contributed by atoms with Crippen LogP contribution >= 0.6 is 0 Å². The van der Waals surface area contributed by atoms with E-state index in [9.17, 15) is 18.0 Å². The van der Waals surface area contributed by atoms with E-state index in [4.69, 9.17) is 10.6 Å². The van der Waals surface area contributed by atoms with Crippen LogP contribution in [0.3, 0.4) is 0 Å². The fourth-order valence-electron chi connectivity index (χ4n) is 2.03. The predicted octanol–water partition coefficient (Wildman–Crippen LogP) is 2.25. The van der Waals surface area contributed by atoms with Gasteiger partial charge in [0, 0.05) is 17.9 Å². The van der Waals surface area contributed by atoms with E-state index < -0.39 is 23.7 Å². The molecule has 1 unspecified atom stereocenters. The maximum Gasteiger partial charge on any atom is 0.418 e. The molecule has 2 rings (SSSR count). The highest BCUT2D eigenvalue weighted by Gasteiger charge is 2.33. The monoisotopic (exact) mass is 303 g/mol. The summed E-state index contributed by atoms with van der Waals surface area (Å²) in [4.78, 5) is 17.2. The summed E-state index contributed by atoms with van der Waals surface area (Å²) in [7, 11) is 0. The van der Waals surface area contributed by atoms with E-state index in [-0.39, 0.29) is 11.4 Å². The van der Waals surface area contributed by atoms with Crippen molar-refractivity contribution in [3.8, 4) is 0 Å². The van der Waals surface area contributed by atoms with Crippen LogP contribution < -0.4 is 11.1 Å². The Kier molecular flexibility index (Phi) is 4.38. The van der Waals surface area contributed by atoms with Crippen molar-refractivity contribution in [1.29, 1.82) is 0 Å². The second-order valence-corrected chi connectivity index (χ2v) is 4.79. The van der Waals surface area contributed by atoms with Crippen LogP contribution in [0.5, 0.6) is 0 Å². The molecule has 21 heavy (non-hydrogen) atoms. The second kappa shape index (κ2) is 5.90. The quantitative estimate of drug-likeness (QED) is 0.841. The van der Waals surface area contributed by atoms with Crippen molar-refractivity contribution in [2.24, 2.45) is 0 Å². The van der Waals surface area contributed by atoms with Gasteiger partial charge in [0.2, 0.25) is 5.91 Å². The van der Waals surface area contributed by atoms with Gasteiger partial charge in [-0.15, -0.1) is 0 Å². The summed E-state index contributed by atoms with van der Waals surface area (Å²) in [5.41, 5.74) is 4.01. The first kappa shape index (κ1) is 15.6. The first-order valence-corrected chi connectivity index (χ1v) is 6.46. The van der Waals surface area contributed by atoms with Crippen molar-refractivity contribution in [3.63, 3.8) is 0 Å². The number of nitrogens with one attached hydrogen (secondary N) is 1. The molecule has 1 aromatic carbocycles. The summed E-state index contributed by atoms with van der Waals surface area (Å²) >= 11 is 0. The highest BCUT2D eigenvalue weighted by molar-refractivity contribution is 5.94. The Bertz CT molecular complexity index is 528. The third kappa shape index (κ3) is 3.64. The lowest BCUT2D eigenvalue weighted by molar-refractivity contribution is -0.154. The van der Waals surface area contributed by atoms with Crippen LogP contribution in [0.15, 0.2) is 18.2 Å². The number of nitrogen functional groups attached to an aromatic ring is 1. The van der Waals surface area contributed by atoms with Gasteiger partial charge in [0.15, 0.2) is 0 Å². The Morgan fingerprint density at radius 2 is 2.19 bits per heavy atom. The van der Waals surface area contributed by atoms with Gasteiger partial charge in [0.05, 0.1) is 12.2 Å². The Balaban J connectivity index is 2.10. The minimum Gasteiger partial charge on any atom is -0.398 e. The number of nitrogens with two attached hydrogens (primary N) is 1. The lowest BCUT2D eigenvalue weighted by atomic mass is 10.1. The molecule has 1 heterocycles. The number of hydrogen-bond donors (Lipinski definition) is 2. The Labute approximate surface area is 119 Å². The van der Waals surface area contributed by atoms with Crippen LogP contribution in [0.4, 0.5) is 24.5 Å². The smallest absolute Gasteiger partial charge is 0.398 e. The molecule has 0 bridgehead atoms. The highest BCUT2D eigenvalue weighted by atomic mass is 19.4. The van der Waals surface area contributed by atoms with Gasteiger partial charge in [-0.25, -0.2) is 0 Å². The molecule has 116 valence electrons. The highest BCUT2D eigenvalue weighted by Crippen LogP contribution is 2.35. The van der Waals surface area contributed by atoms with Gasteiger partial charge in [-0.2, -0.15) is 18.2 Å². The summed E-state index contributed by atoms with van der Waals surface area (Å²) in [6.07, 6.45) is -3.74. The number of benzene rings is 1. The van der Waals surface area contributed by atoms with E-state index in [0.717, 1.165) is 18.6 Å². The number of anilines is 2. The standard InChI is InChI=1S/C13H16F3N3O2/c1-8(19-5-2-6-21-19)12(20)18-9-3-4-11(17)10(7-9)13(14,15)16/h3-4,7-8H,2,5-6,17H2,1H3,(H,18,20). The second-order valence-electron chi connectivity index (χ2n) is 4.79. The molecule has 1 atom stereocenters. The minimum absolute atomic E-state index is 0.0487. The number of hydroxylamine groups is 2. The molecule has 0 radical (unpaired) electrons. The van der Waals surface area contributed by atoms with E-state index in [0.29, 0.717) is 13.2 Å². The lowest BCUT2D eigenvalue weighted by Gasteiger charge is -2.21. The summed E-state index contributed by atoms with van der Waals surface area (Å²) in [6.45, 7) is 2.78. The average molecular weight is 303 g/mol. The summed E-state index contributed by atoms with van der Waals surface area (Å²) in [5.74, 6) is -0.435. The van der Waals surface area contributed by atoms with Crippen LogP contribution in [-0.4, -0.2) is 30.2 Å². The fourth-order valence-corrected chi connectivity index (χ4v) is 2.03. The summed E-state index contributed by atoms with van der Waals surface area (Å²) in [6, 6.07) is 2.69. The summed E-state index contributed by atoms with van der Waals surface area (Å²) in [5, 5.41) is 3.95. The molecule has 8 heteroatoms. The van der Waals surface area contributed by atoms with Crippen molar-refractivity contribution in [3.05, 3.63) is 23.8 Å². The number of hydrogen-bond acceptors (Lipinski definition) is 4. The van der Waals surface area contributed by atoms with Gasteiger partial charge in [0.25, 0.3) is 0 Å². The SMILES string of the molecule is CC(C(=O)Nc1ccc(N)c(C(F)(F)F)c1)N1CCCO1. The van der Waals surface area contributed by atoms with Crippen LogP contribution in [0.2, 0.25) is 0 Å². The van der Waals surface area contributed by atoms with Gasteiger partial charge in [-0.1, -0.05) is 0 Å². The van der Waals surface area contributed by atoms with E-state index in [1.54, 1.807) is 6.92 Å². The zero-order chi connectivity index (χ0) is 15.6. The third-order valence-corrected chi connectivity index (χ3v) is 3.22. The Morgan fingerprint density at radius 1 is 1.48 bits per heavy atom. The first-order chi connectivity index (χ1) is 9.79. The van der Waals surface area contributed by atoms with Gasteiger partial charge in [0.1, 0.15) is 6.04 Å². The molecule has 3 N–H and O–H groups in total. The van der Waals surface area contributed by atoms with E-state index in [1.807, 2.05) is 0 Å². The molecule has 1 aliphatic rings. The molecule has 5 nitrogen and oxygen atoms in total. The van der Waals surface area contributed by atoms with Crippen LogP contribution in [0, 0.1) is 0 Å². The van der Waals surface area contributed by atoms with Gasteiger partial charge < -0.3 is 11.1 Å². The van der Waals surface area contributed by atoms with Gasteiger partial charge >= 0.3 is 6.18 Å². The van der Waals surface area contributed by atoms with Crippen molar-refractivity contribution in [1.82, 2.24) is 5.06 Å². The average Bonchev–Trinajstić information content (AvgIpc) is 2.92. The van der Waals surface area contributed by atoms with E-state index >= 15 is 0 Å². The predicted molar refractivity (Wildman–Crippen MR) is 71.2 cm³/mol. The van der Waals surface area contributed by atoms with Crippen LogP contribution in [0.1, 0.15) is 18.9 Å². The third-order valence-electron chi connectivity index (χ3n) is 3.22. The lowest BCUT2D eigenvalue weighted by Crippen LogP contribution is -2.39. The van der Waals surface area contributed by atoms with Crippen molar-refractivity contribution < 1.29 is 22.8 Å². The summed E-state index contributed by atoms with van der Waals surface area (Å²) < 4.78 is 38.2. The van der Waals surface area contributed by atoms with Gasteiger partial charge in [-0.3, -0.25) is 9.63 Å². The molecule has 1 aliphatic heterocycles. The van der Waals surface area contributed by atoms with Gasteiger partial charge in [-0.05, 0) is 31.5 Å². The molecule has 0 spiro atoms. The molecular formula is C13H16F3N3O2. The molecule has 0 saturated carbocycles. The minimum atomic E-state index is -4.56. The zero-order valence-electron chi connectivity index (χ0n) is 11.4. The molecule has 0 aromatic heterocycles. The maximum atomic E-state index is 12.7. The van der Waals surface area contributed by atoms with Crippen LogP contribution in [0.25, 0.3) is 0 Å². The number of carbonyl (C=O) groups is 1. The fraction of sp³-hybridized carbons (Fsp3) is 0.462. The zero-order valence-corrected chi connectivity index (χ0v) is 11.4. The molecule has 0 aliphatic carbocycles. The molecule has 1 amide bonds. The largest absolute Gasteiger partial charge is 0.418 e. The van der Waals surface area contributed by atoms with Crippen molar-refractivity contribution in [2.45, 2.75) is 25.6 Å². The Hall–Kier alpha value is -1.80. The van der Waals surface area contributed by atoms with Crippen molar-refractivity contribution >= 4 is 17.3 Å². The molecular weight excluding hydrogens is 287 g/mol. The van der Waals surface area contributed by atoms with E-state index in [2.05, 4.69) is 5.32 Å². The number of halogens is 3. The number of carbonyl (C=O) groups excluding carboxylic acids is 1. The molecule has 1 fully saturated rings. The first-order valence-electron chi connectivity index (χ1n) is 6.46. The topological polar surface area (TPSA) is 67.6 Å². The molecule has 1 aromatic rings. The Morgan fingerprint density at radius 3 is 2.76 bits per heavy atom. The number of rotatable bonds is 3. The van der Waals surface area contributed by atoms with Crippen LogP contribution in [-0.2, 0) is 15.8 Å².